The Kier molecular flexibility index (Phi) is 9.55. The smallest absolute Gasteiger partial charge is 0.161 e. The van der Waals surface area contributed by atoms with E-state index < -0.39 is 0 Å². The highest BCUT2D eigenvalue weighted by atomic mass is 14.9. The fourth-order valence-electron chi connectivity index (χ4n) is 11.2. The molecule has 11 aromatic carbocycles. The van der Waals surface area contributed by atoms with Crippen LogP contribution < -0.4 is 0 Å². The summed E-state index contributed by atoms with van der Waals surface area (Å²) in [5.41, 5.74) is 19.6. The Hall–Kier alpha value is -8.72. The molecule has 0 saturated heterocycles. The van der Waals surface area contributed by atoms with E-state index >= 15 is 0 Å². The average Bonchev–Trinajstić information content (AvgIpc) is 3.64. The second-order valence-corrected chi connectivity index (χ2v) is 18.8. The Bertz CT molecular complexity index is 3800. The molecule has 0 fully saturated rings. The molecule has 0 unspecified atom stereocenters. The van der Waals surface area contributed by atoms with Gasteiger partial charge >= 0.3 is 0 Å². The fourth-order valence-corrected chi connectivity index (χ4v) is 11.2. The number of nitrogens with zero attached hydrogens (tertiary/aromatic N) is 2. The number of hydrogen-bond acceptors (Lipinski definition) is 2. The molecule has 0 N–H and O–H groups in total. The van der Waals surface area contributed by atoms with Crippen LogP contribution in [0.15, 0.2) is 243 Å². The molecule has 0 spiro atoms. The van der Waals surface area contributed by atoms with Gasteiger partial charge in [0.1, 0.15) is 0 Å². The maximum absolute atomic E-state index is 5.60. The summed E-state index contributed by atoms with van der Waals surface area (Å²) in [6.45, 7) is 4.74. The van der Waals surface area contributed by atoms with Crippen LogP contribution in [0.5, 0.6) is 0 Å². The van der Waals surface area contributed by atoms with Gasteiger partial charge in [-0.25, -0.2) is 9.97 Å². The highest BCUT2D eigenvalue weighted by Gasteiger charge is 2.37. The molecule has 1 heterocycles. The average molecular weight is 879 g/mol. The third-order valence-corrected chi connectivity index (χ3v) is 14.5. The summed E-state index contributed by atoms with van der Waals surface area (Å²) < 4.78 is 0. The van der Waals surface area contributed by atoms with Crippen molar-refractivity contribution in [3.63, 3.8) is 0 Å². The first-order valence-corrected chi connectivity index (χ1v) is 23.9. The fraction of sp³-hybridized carbons (Fsp3) is 0.0448. The highest BCUT2D eigenvalue weighted by Crippen LogP contribution is 2.53. The molecule has 0 radical (unpaired) electrons. The summed E-state index contributed by atoms with van der Waals surface area (Å²) in [6.07, 6.45) is 0. The summed E-state index contributed by atoms with van der Waals surface area (Å²) >= 11 is 0. The van der Waals surface area contributed by atoms with E-state index in [2.05, 4.69) is 257 Å². The van der Waals surface area contributed by atoms with Crippen molar-refractivity contribution in [3.05, 3.63) is 254 Å². The minimum Gasteiger partial charge on any atom is -0.228 e. The zero-order valence-corrected chi connectivity index (χ0v) is 38.5. The summed E-state index contributed by atoms with van der Waals surface area (Å²) in [4.78, 5) is 11.2. The predicted octanol–water partition coefficient (Wildman–Crippen LogP) is 17.9. The van der Waals surface area contributed by atoms with Crippen molar-refractivity contribution in [3.8, 4) is 89.5 Å². The van der Waals surface area contributed by atoms with Crippen LogP contribution in [0, 0.1) is 0 Å². The lowest BCUT2D eigenvalue weighted by atomic mass is 9.81. The molecule has 324 valence electrons. The third kappa shape index (κ3) is 6.71. The summed E-state index contributed by atoms with van der Waals surface area (Å²) in [5.74, 6) is 0.691. The van der Waals surface area contributed by atoms with Crippen molar-refractivity contribution in [2.45, 2.75) is 19.3 Å². The van der Waals surface area contributed by atoms with Crippen molar-refractivity contribution in [1.29, 1.82) is 0 Å². The van der Waals surface area contributed by atoms with Gasteiger partial charge in [-0.05, 0) is 117 Å². The monoisotopic (exact) mass is 878 g/mol. The lowest BCUT2D eigenvalue weighted by Gasteiger charge is -2.22. The van der Waals surface area contributed by atoms with E-state index in [9.17, 15) is 0 Å². The minimum atomic E-state index is -0.106. The van der Waals surface area contributed by atoms with Gasteiger partial charge in [-0.15, -0.1) is 0 Å². The maximum atomic E-state index is 5.60. The summed E-state index contributed by atoms with van der Waals surface area (Å²) in [6, 6.07) is 87.9. The first kappa shape index (κ1) is 40.5. The van der Waals surface area contributed by atoms with Crippen LogP contribution in [0.1, 0.15) is 25.0 Å². The number of fused-ring (bicyclic) bond motifs is 6. The maximum Gasteiger partial charge on any atom is 0.161 e. The Labute approximate surface area is 402 Å². The van der Waals surface area contributed by atoms with Crippen LogP contribution in [0.3, 0.4) is 0 Å². The van der Waals surface area contributed by atoms with E-state index in [0.29, 0.717) is 5.82 Å². The number of aromatic nitrogens is 2. The summed E-state index contributed by atoms with van der Waals surface area (Å²) in [5, 5.41) is 7.10. The van der Waals surface area contributed by atoms with E-state index in [-0.39, 0.29) is 5.41 Å². The van der Waals surface area contributed by atoms with Crippen LogP contribution in [0.4, 0.5) is 0 Å². The minimum absolute atomic E-state index is 0.106. The lowest BCUT2D eigenvalue weighted by Crippen LogP contribution is -2.14. The zero-order valence-electron chi connectivity index (χ0n) is 38.5. The highest BCUT2D eigenvalue weighted by molar-refractivity contribution is 6.21. The SMILES string of the molecule is CC1(C)c2cc3ccccc3cc2-c2c(-c3ccc(-c4c5ccccc5c(-c5nc(-c6ccccc6-c6ccccc6)cc(-c6ccccc6-c6ccccc6)n5)c5ccccc45)cc3)cccc21. The van der Waals surface area contributed by atoms with Gasteiger partial charge in [-0.3, -0.25) is 0 Å². The second kappa shape index (κ2) is 16.3. The molecule has 0 amide bonds. The van der Waals surface area contributed by atoms with Crippen molar-refractivity contribution in [2.75, 3.05) is 0 Å². The van der Waals surface area contributed by atoms with Gasteiger partial charge in [-0.1, -0.05) is 238 Å². The molecule has 0 saturated carbocycles. The van der Waals surface area contributed by atoms with Crippen LogP contribution in [-0.2, 0) is 5.41 Å². The van der Waals surface area contributed by atoms with Crippen molar-refractivity contribution in [1.82, 2.24) is 9.97 Å². The van der Waals surface area contributed by atoms with E-state index in [0.717, 1.165) is 71.9 Å². The van der Waals surface area contributed by atoms with Crippen LogP contribution in [-0.4, -0.2) is 9.97 Å². The number of hydrogen-bond donors (Lipinski definition) is 0. The van der Waals surface area contributed by atoms with E-state index in [1.54, 1.807) is 0 Å². The molecule has 1 aromatic heterocycles. The molecule has 69 heavy (non-hydrogen) atoms. The van der Waals surface area contributed by atoms with Crippen LogP contribution >= 0.6 is 0 Å². The topological polar surface area (TPSA) is 25.8 Å². The zero-order chi connectivity index (χ0) is 46.1. The molecule has 0 aliphatic heterocycles. The molecule has 0 bridgehead atoms. The van der Waals surface area contributed by atoms with Gasteiger partial charge in [-0.2, -0.15) is 0 Å². The largest absolute Gasteiger partial charge is 0.228 e. The van der Waals surface area contributed by atoms with Gasteiger partial charge in [0, 0.05) is 22.1 Å². The standard InChI is InChI=1S/C67H46N2/c1-67(2)59-35-19-34-51(64(59)58-40-47-24-9-10-25-48(47)41-60(58)67)45-36-38-46(39-37-45)63-54-30-15-17-32-56(54)65(57-33-18-16-31-55(57)63)66-68-61(52-28-13-11-26-49(52)43-20-5-3-6-21-43)42-62(69-66)53-29-14-12-27-50(53)44-22-7-4-8-23-44/h3-42H,1-2H3. The van der Waals surface area contributed by atoms with Crippen LogP contribution in [0.25, 0.3) is 122 Å². The van der Waals surface area contributed by atoms with Crippen molar-refractivity contribution >= 4 is 32.3 Å². The first-order chi connectivity index (χ1) is 34.0. The molecule has 1 aliphatic rings. The Morgan fingerprint density at radius 1 is 0.275 bits per heavy atom. The predicted molar refractivity (Wildman–Crippen MR) is 290 cm³/mol. The Morgan fingerprint density at radius 2 is 0.696 bits per heavy atom. The van der Waals surface area contributed by atoms with E-state index in [1.807, 2.05) is 0 Å². The van der Waals surface area contributed by atoms with Gasteiger partial charge in [0.15, 0.2) is 5.82 Å². The molecule has 2 nitrogen and oxygen atoms in total. The molecule has 12 aromatic rings. The molecule has 2 heteroatoms. The third-order valence-electron chi connectivity index (χ3n) is 14.5. The van der Waals surface area contributed by atoms with E-state index in [4.69, 9.17) is 9.97 Å². The molecular formula is C67H46N2. The Morgan fingerprint density at radius 3 is 1.25 bits per heavy atom. The van der Waals surface area contributed by atoms with Gasteiger partial charge < -0.3 is 0 Å². The molecular weight excluding hydrogens is 833 g/mol. The van der Waals surface area contributed by atoms with Crippen LogP contribution in [0.2, 0.25) is 0 Å². The quantitative estimate of drug-likeness (QED) is 0.149. The van der Waals surface area contributed by atoms with Crippen molar-refractivity contribution in [2.24, 2.45) is 0 Å². The molecule has 1 aliphatic carbocycles. The first-order valence-electron chi connectivity index (χ1n) is 23.9. The van der Waals surface area contributed by atoms with E-state index in [1.165, 1.54) is 55.3 Å². The second-order valence-electron chi connectivity index (χ2n) is 18.8. The van der Waals surface area contributed by atoms with Gasteiger partial charge in [0.05, 0.1) is 11.4 Å². The normalized spacial score (nSPS) is 12.6. The number of rotatable bonds is 7. The van der Waals surface area contributed by atoms with Gasteiger partial charge in [0.2, 0.25) is 0 Å². The number of benzene rings is 11. The van der Waals surface area contributed by atoms with Crippen molar-refractivity contribution < 1.29 is 0 Å². The Balaban J connectivity index is 1.00. The lowest BCUT2D eigenvalue weighted by molar-refractivity contribution is 0.661. The van der Waals surface area contributed by atoms with Gasteiger partial charge in [0.25, 0.3) is 0 Å². The summed E-state index contributed by atoms with van der Waals surface area (Å²) in [7, 11) is 0. The molecule has 13 rings (SSSR count). The molecule has 0 atom stereocenters.